The van der Waals surface area contributed by atoms with Crippen molar-refractivity contribution in [2.75, 3.05) is 7.11 Å². The van der Waals surface area contributed by atoms with Crippen LogP contribution in [-0.4, -0.2) is 42.3 Å². The third kappa shape index (κ3) is 4.60. The van der Waals surface area contributed by atoms with E-state index in [9.17, 15) is 9.90 Å². The largest absolute Gasteiger partial charge is 0.467 e. The van der Waals surface area contributed by atoms with E-state index in [-0.39, 0.29) is 6.10 Å². The first-order valence-corrected chi connectivity index (χ1v) is 6.63. The number of aliphatic hydroxyl groups excluding tert-OH is 1. The maximum atomic E-state index is 11.4. The highest BCUT2D eigenvalue weighted by Crippen LogP contribution is 2.33. The summed E-state index contributed by atoms with van der Waals surface area (Å²) in [7, 11) is 1.24. The van der Waals surface area contributed by atoms with E-state index >= 15 is 0 Å². The van der Waals surface area contributed by atoms with Gasteiger partial charge in [0.25, 0.3) is 0 Å². The molecule has 0 unspecified atom stereocenters. The number of ether oxygens (including phenoxy) is 3. The summed E-state index contributed by atoms with van der Waals surface area (Å²) in [5.41, 5.74) is 0. The molecule has 0 aliphatic carbocycles. The minimum absolute atomic E-state index is 0.297. The summed E-state index contributed by atoms with van der Waals surface area (Å²) in [6, 6.07) is 0. The van der Waals surface area contributed by atoms with E-state index in [0.717, 1.165) is 25.7 Å². The molecule has 1 rings (SSSR count). The van der Waals surface area contributed by atoms with Gasteiger partial charge in [-0.1, -0.05) is 12.5 Å². The number of carbonyl (C=O) groups excluding carboxylic acids is 1. The number of methoxy groups -OCH3 is 1. The van der Waals surface area contributed by atoms with E-state index in [4.69, 9.17) is 9.47 Å². The number of rotatable bonds is 7. The van der Waals surface area contributed by atoms with Gasteiger partial charge in [-0.15, -0.1) is 6.58 Å². The lowest BCUT2D eigenvalue weighted by molar-refractivity contribution is -0.170. The second-order valence-electron chi connectivity index (χ2n) is 5.18. The lowest BCUT2D eigenvalue weighted by Crippen LogP contribution is -2.41. The van der Waals surface area contributed by atoms with Crippen molar-refractivity contribution in [1.82, 2.24) is 0 Å². The van der Waals surface area contributed by atoms with Crippen LogP contribution in [-0.2, 0) is 19.0 Å². The van der Waals surface area contributed by atoms with E-state index in [0.29, 0.717) is 0 Å². The van der Waals surface area contributed by atoms with Crippen LogP contribution in [0.4, 0.5) is 0 Å². The molecule has 1 fully saturated rings. The summed E-state index contributed by atoms with van der Waals surface area (Å²) >= 11 is 0. The second kappa shape index (κ2) is 7.03. The molecule has 0 aromatic carbocycles. The van der Waals surface area contributed by atoms with Crippen molar-refractivity contribution in [2.45, 2.75) is 63.6 Å². The zero-order chi connectivity index (χ0) is 14.5. The maximum Gasteiger partial charge on any atom is 0.337 e. The molecule has 19 heavy (non-hydrogen) atoms. The third-order valence-corrected chi connectivity index (χ3v) is 3.12. The molecular weight excluding hydrogens is 248 g/mol. The normalized spacial score (nSPS) is 26.9. The molecular formula is C14H24O5. The summed E-state index contributed by atoms with van der Waals surface area (Å²) in [5, 5.41) is 9.93. The molecule has 1 aliphatic rings. The van der Waals surface area contributed by atoms with E-state index < -0.39 is 24.0 Å². The van der Waals surface area contributed by atoms with Gasteiger partial charge in [-0.25, -0.2) is 4.79 Å². The minimum Gasteiger partial charge on any atom is -0.467 e. The molecule has 5 nitrogen and oxygen atoms in total. The molecule has 5 heteroatoms. The SMILES string of the molecule is C=CCCCC[C@H]1OC(C)(C)O[C@@H]1[C@H](O)C(=O)OC. The van der Waals surface area contributed by atoms with Gasteiger partial charge in [0.15, 0.2) is 11.9 Å². The van der Waals surface area contributed by atoms with Gasteiger partial charge in [0.2, 0.25) is 0 Å². The molecule has 1 saturated heterocycles. The molecule has 110 valence electrons. The summed E-state index contributed by atoms with van der Waals surface area (Å²) in [4.78, 5) is 11.4. The molecule has 0 bridgehead atoms. The fourth-order valence-electron chi connectivity index (χ4n) is 2.24. The van der Waals surface area contributed by atoms with Gasteiger partial charge in [-0.2, -0.15) is 0 Å². The second-order valence-corrected chi connectivity index (χ2v) is 5.18. The monoisotopic (exact) mass is 272 g/mol. The number of aliphatic hydroxyl groups is 1. The lowest BCUT2D eigenvalue weighted by Gasteiger charge is -2.20. The number of allylic oxidation sites excluding steroid dienone is 1. The standard InChI is InChI=1S/C14H24O5/c1-5-6-7-8-9-10-12(11(15)13(16)17-4)19-14(2,3)18-10/h5,10-12,15H,1,6-9H2,2-4H3/t10-,11+,12+/m1/s1. The van der Waals surface area contributed by atoms with Crippen LogP contribution >= 0.6 is 0 Å². The fraction of sp³-hybridized carbons (Fsp3) is 0.786. The maximum absolute atomic E-state index is 11.4. The molecule has 0 amide bonds. The van der Waals surface area contributed by atoms with Crippen LogP contribution in [0.5, 0.6) is 0 Å². The van der Waals surface area contributed by atoms with Gasteiger partial charge >= 0.3 is 5.97 Å². The van der Waals surface area contributed by atoms with Gasteiger partial charge in [0.05, 0.1) is 13.2 Å². The first-order valence-electron chi connectivity index (χ1n) is 6.63. The average molecular weight is 272 g/mol. The highest BCUT2D eigenvalue weighted by atomic mass is 16.8. The van der Waals surface area contributed by atoms with E-state index in [1.165, 1.54) is 7.11 Å². The van der Waals surface area contributed by atoms with Crippen molar-refractivity contribution in [2.24, 2.45) is 0 Å². The number of unbranched alkanes of at least 4 members (excludes halogenated alkanes) is 2. The lowest BCUT2D eigenvalue weighted by atomic mass is 10.0. The molecule has 1 aliphatic heterocycles. The first-order chi connectivity index (χ1) is 8.91. The predicted octanol–water partition coefficient (Wildman–Crippen LogP) is 1.79. The van der Waals surface area contributed by atoms with Crippen LogP contribution in [0.25, 0.3) is 0 Å². The summed E-state index contributed by atoms with van der Waals surface area (Å²) in [5.74, 6) is -1.48. The Morgan fingerprint density at radius 2 is 2.16 bits per heavy atom. The average Bonchev–Trinajstić information content (AvgIpc) is 2.68. The Labute approximate surface area is 114 Å². The highest BCUT2D eigenvalue weighted by molar-refractivity contribution is 5.75. The summed E-state index contributed by atoms with van der Waals surface area (Å²) in [6.45, 7) is 7.22. The van der Waals surface area contributed by atoms with Gasteiger partial charge in [0.1, 0.15) is 6.10 Å². The Morgan fingerprint density at radius 3 is 2.74 bits per heavy atom. The topological polar surface area (TPSA) is 65.0 Å². The minimum atomic E-state index is -1.31. The van der Waals surface area contributed by atoms with Gasteiger partial charge in [0, 0.05) is 0 Å². The van der Waals surface area contributed by atoms with Gasteiger partial charge in [-0.05, 0) is 33.1 Å². The first kappa shape index (κ1) is 16.1. The van der Waals surface area contributed by atoms with E-state index in [1.807, 2.05) is 6.08 Å². The van der Waals surface area contributed by atoms with Crippen LogP contribution < -0.4 is 0 Å². The predicted molar refractivity (Wildman–Crippen MR) is 70.5 cm³/mol. The van der Waals surface area contributed by atoms with Crippen molar-refractivity contribution in [1.29, 1.82) is 0 Å². The van der Waals surface area contributed by atoms with Crippen LogP contribution in [0.2, 0.25) is 0 Å². The van der Waals surface area contributed by atoms with Gasteiger partial charge < -0.3 is 19.3 Å². The molecule has 0 aromatic rings. The number of hydrogen-bond acceptors (Lipinski definition) is 5. The molecule has 1 heterocycles. The van der Waals surface area contributed by atoms with Crippen molar-refractivity contribution in [3.8, 4) is 0 Å². The zero-order valence-corrected chi connectivity index (χ0v) is 11.9. The Balaban J connectivity index is 2.59. The molecule has 0 saturated carbocycles. The number of carbonyl (C=O) groups is 1. The summed E-state index contributed by atoms with van der Waals surface area (Å²) < 4.78 is 15.9. The van der Waals surface area contributed by atoms with Crippen LogP contribution in [0.15, 0.2) is 12.7 Å². The van der Waals surface area contributed by atoms with E-state index in [1.54, 1.807) is 13.8 Å². The molecule has 1 N–H and O–H groups in total. The zero-order valence-electron chi connectivity index (χ0n) is 11.9. The Kier molecular flexibility index (Phi) is 5.97. The smallest absolute Gasteiger partial charge is 0.337 e. The van der Waals surface area contributed by atoms with Gasteiger partial charge in [-0.3, -0.25) is 0 Å². The van der Waals surface area contributed by atoms with Crippen LogP contribution in [0.1, 0.15) is 39.5 Å². The van der Waals surface area contributed by atoms with Crippen molar-refractivity contribution in [3.63, 3.8) is 0 Å². The van der Waals surface area contributed by atoms with Crippen LogP contribution in [0.3, 0.4) is 0 Å². The molecule has 0 aromatic heterocycles. The number of esters is 1. The summed E-state index contributed by atoms with van der Waals surface area (Å²) in [6.07, 6.45) is 3.20. The Bertz CT molecular complexity index is 313. The third-order valence-electron chi connectivity index (χ3n) is 3.12. The quantitative estimate of drug-likeness (QED) is 0.435. The fourth-order valence-corrected chi connectivity index (χ4v) is 2.24. The van der Waals surface area contributed by atoms with Crippen molar-refractivity contribution >= 4 is 5.97 Å². The molecule has 0 spiro atoms. The molecule has 3 atom stereocenters. The Hall–Kier alpha value is -0.910. The van der Waals surface area contributed by atoms with Crippen molar-refractivity contribution in [3.05, 3.63) is 12.7 Å². The van der Waals surface area contributed by atoms with E-state index in [2.05, 4.69) is 11.3 Å². The highest BCUT2D eigenvalue weighted by Gasteiger charge is 2.46. The van der Waals surface area contributed by atoms with Crippen molar-refractivity contribution < 1.29 is 24.1 Å². The number of hydrogen-bond donors (Lipinski definition) is 1. The Morgan fingerprint density at radius 1 is 1.47 bits per heavy atom. The molecule has 0 radical (unpaired) electrons. The van der Waals surface area contributed by atoms with Crippen LogP contribution in [0, 0.1) is 0 Å².